The standard InChI is InChI=1S/C14H15BrClNO/c1-2-13(10-3-5-11(16)6-4-10)17-9-12-7-8-14(15)18-12/h3-8,13,17H,2,9H2,1H3. The molecule has 2 rings (SSSR count). The third kappa shape index (κ3) is 3.61. The first-order chi connectivity index (χ1) is 8.69. The molecule has 4 heteroatoms. The fourth-order valence-corrected chi connectivity index (χ4v) is 2.33. The summed E-state index contributed by atoms with van der Waals surface area (Å²) in [5.74, 6) is 0.925. The lowest BCUT2D eigenvalue weighted by Crippen LogP contribution is -2.19. The Morgan fingerprint density at radius 2 is 1.94 bits per heavy atom. The number of halogens is 2. The van der Waals surface area contributed by atoms with Crippen LogP contribution in [-0.4, -0.2) is 0 Å². The van der Waals surface area contributed by atoms with Crippen LogP contribution in [0.3, 0.4) is 0 Å². The van der Waals surface area contributed by atoms with Crippen LogP contribution in [0.1, 0.15) is 30.7 Å². The molecule has 0 saturated carbocycles. The molecule has 0 fully saturated rings. The van der Waals surface area contributed by atoms with Gasteiger partial charge in [0.2, 0.25) is 0 Å². The molecule has 96 valence electrons. The fraction of sp³-hybridized carbons (Fsp3) is 0.286. The summed E-state index contributed by atoms with van der Waals surface area (Å²) in [5, 5.41) is 4.24. The largest absolute Gasteiger partial charge is 0.453 e. The molecule has 1 unspecified atom stereocenters. The van der Waals surface area contributed by atoms with Crippen molar-refractivity contribution < 1.29 is 4.42 Å². The van der Waals surface area contributed by atoms with E-state index in [1.54, 1.807) is 0 Å². The highest BCUT2D eigenvalue weighted by molar-refractivity contribution is 9.10. The Morgan fingerprint density at radius 1 is 1.22 bits per heavy atom. The molecule has 0 spiro atoms. The molecule has 2 aromatic rings. The minimum Gasteiger partial charge on any atom is -0.453 e. The maximum Gasteiger partial charge on any atom is 0.169 e. The van der Waals surface area contributed by atoms with Gasteiger partial charge in [-0.25, -0.2) is 0 Å². The number of hydrogen-bond acceptors (Lipinski definition) is 2. The maximum atomic E-state index is 5.89. The van der Waals surface area contributed by atoms with E-state index in [1.165, 1.54) is 5.56 Å². The molecule has 1 atom stereocenters. The van der Waals surface area contributed by atoms with Crippen molar-refractivity contribution in [2.24, 2.45) is 0 Å². The monoisotopic (exact) mass is 327 g/mol. The van der Waals surface area contributed by atoms with E-state index in [0.717, 1.165) is 21.9 Å². The molecule has 0 amide bonds. The quantitative estimate of drug-likeness (QED) is 0.841. The molecule has 1 aromatic carbocycles. The van der Waals surface area contributed by atoms with Crippen LogP contribution in [0.2, 0.25) is 5.02 Å². The zero-order chi connectivity index (χ0) is 13.0. The molecule has 1 N–H and O–H groups in total. The minimum absolute atomic E-state index is 0.311. The van der Waals surface area contributed by atoms with Gasteiger partial charge in [0.15, 0.2) is 4.67 Å². The molecule has 0 aliphatic rings. The second kappa shape index (κ2) is 6.41. The van der Waals surface area contributed by atoms with E-state index in [9.17, 15) is 0 Å². The van der Waals surface area contributed by atoms with Crippen LogP contribution in [0.4, 0.5) is 0 Å². The Morgan fingerprint density at radius 3 is 2.50 bits per heavy atom. The van der Waals surface area contributed by atoms with Crippen LogP contribution < -0.4 is 5.32 Å². The third-order valence-electron chi connectivity index (χ3n) is 2.83. The lowest BCUT2D eigenvalue weighted by atomic mass is 10.0. The molecule has 0 saturated heterocycles. The molecule has 0 bridgehead atoms. The van der Waals surface area contributed by atoms with Crippen LogP contribution >= 0.6 is 27.5 Å². The van der Waals surface area contributed by atoms with E-state index in [-0.39, 0.29) is 0 Å². The first-order valence-corrected chi connectivity index (χ1v) is 7.09. The van der Waals surface area contributed by atoms with Crippen LogP contribution in [0.25, 0.3) is 0 Å². The van der Waals surface area contributed by atoms with E-state index in [1.807, 2.05) is 24.3 Å². The van der Waals surface area contributed by atoms with Gasteiger partial charge in [-0.3, -0.25) is 0 Å². The molecular weight excluding hydrogens is 314 g/mol. The van der Waals surface area contributed by atoms with Gasteiger partial charge in [0.1, 0.15) is 5.76 Å². The summed E-state index contributed by atoms with van der Waals surface area (Å²) in [6.45, 7) is 2.87. The Kier molecular flexibility index (Phi) is 4.87. The van der Waals surface area contributed by atoms with Crippen LogP contribution in [0.5, 0.6) is 0 Å². The Labute approximate surface area is 120 Å². The predicted molar refractivity (Wildman–Crippen MR) is 77.7 cm³/mol. The molecular formula is C14H15BrClNO. The van der Waals surface area contributed by atoms with E-state index < -0.39 is 0 Å². The van der Waals surface area contributed by atoms with Crippen molar-refractivity contribution in [3.8, 4) is 0 Å². The van der Waals surface area contributed by atoms with Crippen molar-refractivity contribution in [1.82, 2.24) is 5.32 Å². The summed E-state index contributed by atoms with van der Waals surface area (Å²) in [7, 11) is 0. The fourth-order valence-electron chi connectivity index (χ4n) is 1.86. The summed E-state index contributed by atoms with van der Waals surface area (Å²) in [6, 6.07) is 12.1. The lowest BCUT2D eigenvalue weighted by molar-refractivity contribution is 0.433. The van der Waals surface area contributed by atoms with Gasteiger partial charge >= 0.3 is 0 Å². The topological polar surface area (TPSA) is 25.2 Å². The molecule has 0 aliphatic heterocycles. The van der Waals surface area contributed by atoms with Gasteiger partial charge in [0.05, 0.1) is 6.54 Å². The number of nitrogens with one attached hydrogen (secondary N) is 1. The van der Waals surface area contributed by atoms with Crippen LogP contribution in [-0.2, 0) is 6.54 Å². The molecule has 18 heavy (non-hydrogen) atoms. The first kappa shape index (κ1) is 13.7. The molecule has 0 radical (unpaired) electrons. The lowest BCUT2D eigenvalue weighted by Gasteiger charge is -2.16. The normalized spacial score (nSPS) is 12.6. The van der Waals surface area contributed by atoms with Crippen molar-refractivity contribution in [2.75, 3.05) is 0 Å². The second-order valence-electron chi connectivity index (χ2n) is 4.10. The highest BCUT2D eigenvalue weighted by Gasteiger charge is 2.09. The predicted octanol–water partition coefficient (Wildman–Crippen LogP) is 4.94. The zero-order valence-corrected chi connectivity index (χ0v) is 12.5. The number of hydrogen-bond donors (Lipinski definition) is 1. The minimum atomic E-state index is 0.311. The maximum absolute atomic E-state index is 5.89. The highest BCUT2D eigenvalue weighted by atomic mass is 79.9. The van der Waals surface area contributed by atoms with Crippen molar-refractivity contribution in [2.45, 2.75) is 25.9 Å². The second-order valence-corrected chi connectivity index (χ2v) is 5.32. The zero-order valence-electron chi connectivity index (χ0n) is 10.1. The Hall–Kier alpha value is -0.770. The van der Waals surface area contributed by atoms with E-state index in [2.05, 4.69) is 40.3 Å². The molecule has 1 heterocycles. The van der Waals surface area contributed by atoms with Gasteiger partial charge < -0.3 is 9.73 Å². The van der Waals surface area contributed by atoms with E-state index in [4.69, 9.17) is 16.0 Å². The van der Waals surface area contributed by atoms with Gasteiger partial charge in [-0.2, -0.15) is 0 Å². The van der Waals surface area contributed by atoms with Crippen molar-refractivity contribution >= 4 is 27.5 Å². The summed E-state index contributed by atoms with van der Waals surface area (Å²) in [5.41, 5.74) is 1.24. The van der Waals surface area contributed by atoms with Gasteiger partial charge in [0, 0.05) is 11.1 Å². The number of furan rings is 1. The van der Waals surface area contributed by atoms with Crippen LogP contribution in [0, 0.1) is 0 Å². The third-order valence-corrected chi connectivity index (χ3v) is 3.51. The average molecular weight is 329 g/mol. The van der Waals surface area contributed by atoms with E-state index in [0.29, 0.717) is 12.6 Å². The van der Waals surface area contributed by atoms with Crippen LogP contribution in [0.15, 0.2) is 45.5 Å². The molecule has 2 nitrogen and oxygen atoms in total. The van der Waals surface area contributed by atoms with Gasteiger partial charge in [0.25, 0.3) is 0 Å². The molecule has 0 aliphatic carbocycles. The van der Waals surface area contributed by atoms with Gasteiger partial charge in [-0.1, -0.05) is 30.7 Å². The summed E-state index contributed by atoms with van der Waals surface area (Å²) < 4.78 is 6.23. The van der Waals surface area contributed by atoms with Crippen molar-refractivity contribution in [3.63, 3.8) is 0 Å². The number of benzene rings is 1. The summed E-state index contributed by atoms with van der Waals surface area (Å²) in [6.07, 6.45) is 1.02. The average Bonchev–Trinajstić information content (AvgIpc) is 2.78. The summed E-state index contributed by atoms with van der Waals surface area (Å²) in [4.78, 5) is 0. The first-order valence-electron chi connectivity index (χ1n) is 5.92. The molecule has 1 aromatic heterocycles. The van der Waals surface area contributed by atoms with Gasteiger partial charge in [-0.05, 0) is 52.2 Å². The summed E-state index contributed by atoms with van der Waals surface area (Å²) >= 11 is 9.19. The van der Waals surface area contributed by atoms with E-state index >= 15 is 0 Å². The van der Waals surface area contributed by atoms with Crippen molar-refractivity contribution in [1.29, 1.82) is 0 Å². The number of rotatable bonds is 5. The van der Waals surface area contributed by atoms with Gasteiger partial charge in [-0.15, -0.1) is 0 Å². The Bertz CT molecular complexity index is 495. The Balaban J connectivity index is 1.99. The SMILES string of the molecule is CCC(NCc1ccc(Br)o1)c1ccc(Cl)cc1. The highest BCUT2D eigenvalue weighted by Crippen LogP contribution is 2.20. The smallest absolute Gasteiger partial charge is 0.169 e. The van der Waals surface area contributed by atoms with Crippen molar-refractivity contribution in [3.05, 3.63) is 57.4 Å².